The van der Waals surface area contributed by atoms with Gasteiger partial charge >= 0.3 is 0 Å². The Labute approximate surface area is 182 Å². The van der Waals surface area contributed by atoms with E-state index < -0.39 is 10.0 Å². The average Bonchev–Trinajstić information content (AvgIpc) is 3.29. The number of benzene rings is 2. The maximum absolute atomic E-state index is 13.2. The van der Waals surface area contributed by atoms with E-state index in [9.17, 15) is 13.2 Å². The molecule has 2 aliphatic heterocycles. The summed E-state index contributed by atoms with van der Waals surface area (Å²) < 4.78 is 28.1. The normalized spacial score (nSPS) is 18.5. The van der Waals surface area contributed by atoms with Crippen LogP contribution in [0.4, 0.5) is 5.69 Å². The van der Waals surface area contributed by atoms with Gasteiger partial charge in [0.15, 0.2) is 0 Å². The molecule has 0 saturated carbocycles. The van der Waals surface area contributed by atoms with Gasteiger partial charge in [-0.2, -0.15) is 0 Å². The van der Waals surface area contributed by atoms with E-state index >= 15 is 0 Å². The highest BCUT2D eigenvalue weighted by atomic mass is 35.5. The number of hydrogen-bond acceptors (Lipinski definition) is 4. The molecule has 30 heavy (non-hydrogen) atoms. The molecule has 0 spiro atoms. The monoisotopic (exact) mass is 447 g/mol. The lowest BCUT2D eigenvalue weighted by Gasteiger charge is -2.36. The number of para-hydroxylation sites is 1. The van der Waals surface area contributed by atoms with Crippen LogP contribution < -0.4 is 4.72 Å². The SMILES string of the molecule is O=C(c1ccccc1NS(=O)(=O)c1ccc(Cl)cc1)N1CCC(N2CCCC2)CC1. The summed E-state index contributed by atoms with van der Waals surface area (Å²) in [5, 5.41) is 0.460. The van der Waals surface area contributed by atoms with E-state index in [1.807, 2.05) is 4.90 Å². The lowest BCUT2D eigenvalue weighted by atomic mass is 10.0. The molecule has 0 aromatic heterocycles. The quantitative estimate of drug-likeness (QED) is 0.756. The van der Waals surface area contributed by atoms with Gasteiger partial charge < -0.3 is 9.80 Å². The molecular weight excluding hydrogens is 422 g/mol. The fourth-order valence-electron chi connectivity index (χ4n) is 4.29. The number of carbonyl (C=O) groups excluding carboxylic acids is 1. The highest BCUT2D eigenvalue weighted by Crippen LogP contribution is 2.26. The average molecular weight is 448 g/mol. The van der Waals surface area contributed by atoms with Gasteiger partial charge in [-0.1, -0.05) is 23.7 Å². The largest absolute Gasteiger partial charge is 0.338 e. The van der Waals surface area contributed by atoms with E-state index in [4.69, 9.17) is 11.6 Å². The maximum atomic E-state index is 13.2. The Kier molecular flexibility index (Phi) is 6.32. The standard InChI is InChI=1S/C22H26ClN3O3S/c23-17-7-9-19(10-8-17)30(28,29)24-21-6-2-1-5-20(21)22(27)26-15-11-18(12-16-26)25-13-3-4-14-25/h1-2,5-10,18,24H,3-4,11-16H2. The van der Waals surface area contributed by atoms with Gasteiger partial charge in [0.25, 0.3) is 15.9 Å². The number of carbonyl (C=O) groups is 1. The molecule has 2 aromatic carbocycles. The number of piperidine rings is 1. The Morgan fingerprint density at radius 2 is 1.57 bits per heavy atom. The van der Waals surface area contributed by atoms with Crippen LogP contribution in [0.5, 0.6) is 0 Å². The second kappa shape index (κ2) is 8.96. The second-order valence-corrected chi connectivity index (χ2v) is 9.99. The fraction of sp³-hybridized carbons (Fsp3) is 0.409. The number of nitrogens with one attached hydrogen (secondary N) is 1. The van der Waals surface area contributed by atoms with Crippen LogP contribution in [0.25, 0.3) is 0 Å². The summed E-state index contributed by atoms with van der Waals surface area (Å²) in [6.45, 7) is 3.71. The van der Waals surface area contributed by atoms with Crippen molar-refractivity contribution in [1.29, 1.82) is 0 Å². The number of amides is 1. The molecule has 0 atom stereocenters. The summed E-state index contributed by atoms with van der Waals surface area (Å²) in [7, 11) is -3.82. The van der Waals surface area contributed by atoms with Crippen molar-refractivity contribution in [2.45, 2.75) is 36.6 Å². The first-order valence-corrected chi connectivity index (χ1v) is 12.2. The third-order valence-corrected chi connectivity index (χ3v) is 7.57. The van der Waals surface area contributed by atoms with E-state index in [0.29, 0.717) is 35.4 Å². The molecule has 2 heterocycles. The van der Waals surface area contributed by atoms with Crippen molar-refractivity contribution in [3.63, 3.8) is 0 Å². The Balaban J connectivity index is 1.47. The summed E-state index contributed by atoms with van der Waals surface area (Å²) in [6.07, 6.45) is 4.45. The lowest BCUT2D eigenvalue weighted by Crippen LogP contribution is -2.46. The van der Waals surface area contributed by atoms with Gasteiger partial charge in [0.05, 0.1) is 16.1 Å². The number of anilines is 1. The lowest BCUT2D eigenvalue weighted by molar-refractivity contribution is 0.0645. The molecule has 0 radical (unpaired) electrons. The van der Waals surface area contributed by atoms with Crippen LogP contribution in [0.2, 0.25) is 5.02 Å². The fourth-order valence-corrected chi connectivity index (χ4v) is 5.49. The van der Waals surface area contributed by atoms with Crippen LogP contribution >= 0.6 is 11.6 Å². The number of hydrogen-bond donors (Lipinski definition) is 1. The van der Waals surface area contributed by atoms with Crippen LogP contribution in [0.1, 0.15) is 36.0 Å². The zero-order valence-corrected chi connectivity index (χ0v) is 18.3. The Hall–Kier alpha value is -2.09. The van der Waals surface area contributed by atoms with E-state index in [1.165, 1.54) is 37.1 Å². The molecule has 160 valence electrons. The molecule has 2 saturated heterocycles. The predicted octanol–water partition coefficient (Wildman–Crippen LogP) is 3.84. The summed E-state index contributed by atoms with van der Waals surface area (Å²) >= 11 is 5.86. The zero-order chi connectivity index (χ0) is 21.1. The molecule has 4 rings (SSSR count). The smallest absolute Gasteiger partial charge is 0.261 e. The predicted molar refractivity (Wildman–Crippen MR) is 118 cm³/mol. The van der Waals surface area contributed by atoms with E-state index in [2.05, 4.69) is 9.62 Å². The number of likely N-dealkylation sites (tertiary alicyclic amines) is 2. The Bertz CT molecular complexity index is 997. The van der Waals surface area contributed by atoms with Crippen molar-refractivity contribution in [1.82, 2.24) is 9.80 Å². The van der Waals surface area contributed by atoms with Crippen molar-refractivity contribution >= 4 is 33.2 Å². The van der Waals surface area contributed by atoms with Crippen molar-refractivity contribution in [3.8, 4) is 0 Å². The highest BCUT2D eigenvalue weighted by Gasteiger charge is 2.29. The van der Waals surface area contributed by atoms with Crippen molar-refractivity contribution in [2.75, 3.05) is 30.9 Å². The maximum Gasteiger partial charge on any atom is 0.261 e. The molecule has 0 bridgehead atoms. The van der Waals surface area contributed by atoms with Gasteiger partial charge in [0, 0.05) is 24.2 Å². The van der Waals surface area contributed by atoms with Gasteiger partial charge in [0.1, 0.15) is 0 Å². The molecular formula is C22H26ClN3O3S. The molecule has 0 unspecified atom stereocenters. The topological polar surface area (TPSA) is 69.7 Å². The molecule has 6 nitrogen and oxygen atoms in total. The third kappa shape index (κ3) is 4.63. The van der Waals surface area contributed by atoms with Crippen LogP contribution in [0.15, 0.2) is 53.4 Å². The van der Waals surface area contributed by atoms with Crippen molar-refractivity contribution in [2.24, 2.45) is 0 Å². The first kappa shape index (κ1) is 21.2. The van der Waals surface area contributed by atoms with Gasteiger partial charge in [0.2, 0.25) is 0 Å². The minimum atomic E-state index is -3.82. The van der Waals surface area contributed by atoms with Gasteiger partial charge in [-0.3, -0.25) is 9.52 Å². The Morgan fingerprint density at radius 1 is 0.933 bits per heavy atom. The number of sulfonamides is 1. The summed E-state index contributed by atoms with van der Waals surface area (Å²) in [5.74, 6) is -0.135. The van der Waals surface area contributed by atoms with Crippen molar-refractivity contribution in [3.05, 3.63) is 59.1 Å². The molecule has 1 N–H and O–H groups in total. The number of rotatable bonds is 5. The number of nitrogens with zero attached hydrogens (tertiary/aromatic N) is 2. The Morgan fingerprint density at radius 3 is 2.23 bits per heavy atom. The van der Waals surface area contributed by atoms with E-state index in [-0.39, 0.29) is 10.8 Å². The van der Waals surface area contributed by atoms with Crippen LogP contribution in [-0.4, -0.2) is 56.3 Å². The zero-order valence-electron chi connectivity index (χ0n) is 16.8. The minimum absolute atomic E-state index is 0.0978. The first-order valence-electron chi connectivity index (χ1n) is 10.3. The third-order valence-electron chi connectivity index (χ3n) is 5.93. The van der Waals surface area contributed by atoms with Crippen LogP contribution in [0, 0.1) is 0 Å². The molecule has 2 aromatic rings. The number of halogens is 1. The molecule has 2 fully saturated rings. The van der Waals surface area contributed by atoms with Gasteiger partial charge in [-0.25, -0.2) is 8.42 Å². The van der Waals surface area contributed by atoms with Gasteiger partial charge in [-0.05, 0) is 75.2 Å². The van der Waals surface area contributed by atoms with Gasteiger partial charge in [-0.15, -0.1) is 0 Å². The molecule has 1 amide bonds. The van der Waals surface area contributed by atoms with E-state index in [0.717, 1.165) is 25.9 Å². The van der Waals surface area contributed by atoms with E-state index in [1.54, 1.807) is 24.3 Å². The summed E-state index contributed by atoms with van der Waals surface area (Å²) in [5.41, 5.74) is 0.661. The molecule has 2 aliphatic rings. The van der Waals surface area contributed by atoms with Crippen LogP contribution in [0.3, 0.4) is 0 Å². The highest BCUT2D eigenvalue weighted by molar-refractivity contribution is 7.92. The van der Waals surface area contributed by atoms with Crippen molar-refractivity contribution < 1.29 is 13.2 Å². The minimum Gasteiger partial charge on any atom is -0.338 e. The molecule has 8 heteroatoms. The summed E-state index contributed by atoms with van der Waals surface area (Å²) in [6, 6.07) is 13.3. The summed E-state index contributed by atoms with van der Waals surface area (Å²) in [4.78, 5) is 17.6. The molecule has 0 aliphatic carbocycles. The van der Waals surface area contributed by atoms with Crippen LogP contribution in [-0.2, 0) is 10.0 Å². The second-order valence-electron chi connectivity index (χ2n) is 7.87. The first-order chi connectivity index (χ1) is 14.4.